The lowest BCUT2D eigenvalue weighted by molar-refractivity contribution is -0.155. The molecule has 0 aromatic heterocycles. The van der Waals surface area contributed by atoms with Gasteiger partial charge in [0, 0.05) is 20.0 Å². The van der Waals surface area contributed by atoms with E-state index in [-0.39, 0.29) is 0 Å². The van der Waals surface area contributed by atoms with Crippen LogP contribution >= 0.6 is 0 Å². The van der Waals surface area contributed by atoms with Crippen LogP contribution in [0.3, 0.4) is 0 Å². The standard InChI is InChI=1S/C18H19FN2O4/c1-20-15-12-8-13(25-4)14(10-6-5-9(24-3)7-11(10)12)18(15,19)16(22)21(2)17(20)23/h5-8,12,14-15H,1-4H3/t12-,14-,15+,18+/m0/s1. The van der Waals surface area contributed by atoms with Gasteiger partial charge in [0.25, 0.3) is 5.91 Å². The summed E-state index contributed by atoms with van der Waals surface area (Å²) < 4.78 is 27.0. The van der Waals surface area contributed by atoms with Crippen molar-refractivity contribution in [1.82, 2.24) is 9.80 Å². The van der Waals surface area contributed by atoms with Crippen molar-refractivity contribution in [1.29, 1.82) is 0 Å². The van der Waals surface area contributed by atoms with Crippen LogP contribution in [0.1, 0.15) is 23.0 Å². The Kier molecular flexibility index (Phi) is 3.17. The van der Waals surface area contributed by atoms with Crippen LogP contribution in [0.5, 0.6) is 5.75 Å². The van der Waals surface area contributed by atoms with Crippen molar-refractivity contribution in [3.05, 3.63) is 41.2 Å². The SMILES string of the molecule is COC1=C[C@H]2c3cc(OC)ccc3[C@@H]1[C@]1(F)C(=O)N(C)C(=O)N(C)[C@H]21. The molecule has 0 spiro atoms. The van der Waals surface area contributed by atoms with E-state index in [0.29, 0.717) is 17.1 Å². The van der Waals surface area contributed by atoms with Crippen molar-refractivity contribution in [2.75, 3.05) is 28.3 Å². The lowest BCUT2D eigenvalue weighted by Crippen LogP contribution is -2.73. The third-order valence-electron chi connectivity index (χ3n) is 5.66. The number of carbonyl (C=O) groups excluding carboxylic acids is 2. The normalized spacial score (nSPS) is 33.0. The summed E-state index contributed by atoms with van der Waals surface area (Å²) in [5.74, 6) is -1.12. The molecule has 0 unspecified atom stereocenters. The molecule has 5 rings (SSSR count). The van der Waals surface area contributed by atoms with Gasteiger partial charge in [-0.25, -0.2) is 9.18 Å². The molecule has 7 heteroatoms. The average Bonchev–Trinajstić information content (AvgIpc) is 2.63. The molecule has 1 aromatic rings. The molecule has 25 heavy (non-hydrogen) atoms. The van der Waals surface area contributed by atoms with Gasteiger partial charge >= 0.3 is 6.03 Å². The molecular formula is C18H19FN2O4. The summed E-state index contributed by atoms with van der Waals surface area (Å²) >= 11 is 0. The minimum absolute atomic E-state index is 0.422. The van der Waals surface area contributed by atoms with E-state index in [1.54, 1.807) is 19.2 Å². The fourth-order valence-electron chi connectivity index (χ4n) is 4.53. The first-order valence-corrected chi connectivity index (χ1v) is 8.03. The molecule has 0 radical (unpaired) electrons. The van der Waals surface area contributed by atoms with E-state index in [1.807, 2.05) is 12.1 Å². The van der Waals surface area contributed by atoms with Gasteiger partial charge in [0.2, 0.25) is 5.67 Å². The number of ether oxygens (including phenoxy) is 2. The number of amides is 3. The lowest BCUT2D eigenvalue weighted by atomic mass is 9.58. The summed E-state index contributed by atoms with van der Waals surface area (Å²) in [6.07, 6.45) is 1.82. The van der Waals surface area contributed by atoms with Crippen molar-refractivity contribution in [2.24, 2.45) is 0 Å². The van der Waals surface area contributed by atoms with E-state index in [4.69, 9.17) is 9.47 Å². The van der Waals surface area contributed by atoms with Gasteiger partial charge in [0.05, 0.1) is 26.2 Å². The largest absolute Gasteiger partial charge is 0.501 e. The number of rotatable bonds is 2. The molecule has 132 valence electrons. The van der Waals surface area contributed by atoms with Crippen LogP contribution in [0.4, 0.5) is 9.18 Å². The van der Waals surface area contributed by atoms with E-state index in [1.165, 1.54) is 26.1 Å². The Morgan fingerprint density at radius 2 is 1.84 bits per heavy atom. The first kappa shape index (κ1) is 15.9. The van der Waals surface area contributed by atoms with Gasteiger partial charge in [0.1, 0.15) is 11.5 Å². The van der Waals surface area contributed by atoms with Gasteiger partial charge < -0.3 is 14.4 Å². The topological polar surface area (TPSA) is 59.1 Å². The minimum Gasteiger partial charge on any atom is -0.501 e. The highest BCUT2D eigenvalue weighted by Gasteiger charge is 2.69. The third-order valence-corrected chi connectivity index (χ3v) is 5.66. The number of allylic oxidation sites excluding steroid dienone is 1. The summed E-state index contributed by atoms with van der Waals surface area (Å²) in [6.45, 7) is 0. The number of methoxy groups -OCH3 is 2. The van der Waals surface area contributed by atoms with Crippen molar-refractivity contribution in [3.63, 3.8) is 0 Å². The van der Waals surface area contributed by atoms with Gasteiger partial charge in [-0.05, 0) is 29.3 Å². The maximum Gasteiger partial charge on any atom is 0.326 e. The highest BCUT2D eigenvalue weighted by Crippen LogP contribution is 2.59. The molecule has 0 N–H and O–H groups in total. The van der Waals surface area contributed by atoms with E-state index < -0.39 is 35.5 Å². The molecule has 1 fully saturated rings. The van der Waals surface area contributed by atoms with Crippen LogP contribution in [0, 0.1) is 0 Å². The summed E-state index contributed by atoms with van der Waals surface area (Å²) in [4.78, 5) is 27.4. The molecule has 4 atom stereocenters. The lowest BCUT2D eigenvalue weighted by Gasteiger charge is -2.56. The van der Waals surface area contributed by atoms with E-state index in [0.717, 1.165) is 10.5 Å². The average molecular weight is 346 g/mol. The number of hydrogen-bond acceptors (Lipinski definition) is 4. The van der Waals surface area contributed by atoms with Crippen LogP contribution in [-0.2, 0) is 9.53 Å². The fourth-order valence-corrected chi connectivity index (χ4v) is 4.53. The molecule has 1 heterocycles. The Balaban J connectivity index is 1.99. The second-order valence-electron chi connectivity index (χ2n) is 6.70. The van der Waals surface area contributed by atoms with Crippen LogP contribution < -0.4 is 4.74 Å². The number of halogens is 1. The van der Waals surface area contributed by atoms with Crippen molar-refractivity contribution in [2.45, 2.75) is 23.5 Å². The first-order valence-electron chi connectivity index (χ1n) is 8.03. The number of urea groups is 1. The number of benzene rings is 1. The van der Waals surface area contributed by atoms with Gasteiger partial charge in [-0.3, -0.25) is 9.69 Å². The maximum absolute atomic E-state index is 16.3. The summed E-state index contributed by atoms with van der Waals surface area (Å²) in [6, 6.07) is 3.95. The Hall–Kier alpha value is -2.57. The number of imide groups is 1. The number of hydrogen-bond donors (Lipinski definition) is 0. The highest BCUT2D eigenvalue weighted by molar-refractivity contribution is 6.03. The molecule has 4 aliphatic rings. The molecule has 3 amide bonds. The number of likely N-dealkylation sites (N-methyl/N-ethyl adjacent to an activating group) is 1. The fraction of sp³-hybridized carbons (Fsp3) is 0.444. The van der Waals surface area contributed by atoms with Crippen molar-refractivity contribution in [3.8, 4) is 5.75 Å². The molecule has 1 saturated heterocycles. The molecule has 0 saturated carbocycles. The summed E-state index contributed by atoms with van der Waals surface area (Å²) in [7, 11) is 5.88. The predicted molar refractivity (Wildman–Crippen MR) is 87.1 cm³/mol. The Morgan fingerprint density at radius 3 is 2.48 bits per heavy atom. The second-order valence-corrected chi connectivity index (χ2v) is 6.70. The number of carbonyl (C=O) groups is 2. The van der Waals surface area contributed by atoms with E-state index in [9.17, 15) is 9.59 Å². The molecule has 6 nitrogen and oxygen atoms in total. The molecule has 1 aromatic carbocycles. The molecule has 2 bridgehead atoms. The zero-order valence-electron chi connectivity index (χ0n) is 14.4. The number of nitrogens with zero attached hydrogens (tertiary/aromatic N) is 2. The van der Waals surface area contributed by atoms with Crippen molar-refractivity contribution < 1.29 is 23.5 Å². The van der Waals surface area contributed by atoms with Crippen LogP contribution in [-0.4, -0.2) is 61.8 Å². The minimum atomic E-state index is -2.26. The molecular weight excluding hydrogens is 327 g/mol. The van der Waals surface area contributed by atoms with Crippen molar-refractivity contribution >= 4 is 11.9 Å². The summed E-state index contributed by atoms with van der Waals surface area (Å²) in [5.41, 5.74) is -0.696. The Morgan fingerprint density at radius 1 is 1.12 bits per heavy atom. The van der Waals surface area contributed by atoms with Gasteiger partial charge in [0.15, 0.2) is 0 Å². The van der Waals surface area contributed by atoms with Crippen LogP contribution in [0.25, 0.3) is 0 Å². The highest BCUT2D eigenvalue weighted by atomic mass is 19.1. The van der Waals surface area contributed by atoms with Crippen LogP contribution in [0.15, 0.2) is 30.0 Å². The first-order chi connectivity index (χ1) is 11.9. The van der Waals surface area contributed by atoms with Crippen LogP contribution in [0.2, 0.25) is 0 Å². The Labute approximate surface area is 144 Å². The predicted octanol–water partition coefficient (Wildman–Crippen LogP) is 2.02. The zero-order valence-corrected chi connectivity index (χ0v) is 14.4. The number of alkyl halides is 1. The zero-order chi connectivity index (χ0) is 18.1. The van der Waals surface area contributed by atoms with E-state index in [2.05, 4.69) is 0 Å². The molecule has 3 aliphatic carbocycles. The Bertz CT molecular complexity index is 823. The second kappa shape index (κ2) is 4.97. The quantitative estimate of drug-likeness (QED) is 0.822. The maximum atomic E-state index is 16.3. The smallest absolute Gasteiger partial charge is 0.326 e. The van der Waals surface area contributed by atoms with E-state index >= 15 is 4.39 Å². The third kappa shape index (κ3) is 1.73. The summed E-state index contributed by atoms with van der Waals surface area (Å²) in [5, 5.41) is 0. The monoisotopic (exact) mass is 346 g/mol. The van der Waals surface area contributed by atoms with Gasteiger partial charge in [-0.15, -0.1) is 0 Å². The molecule has 1 aliphatic heterocycles. The van der Waals surface area contributed by atoms with Gasteiger partial charge in [-0.1, -0.05) is 6.07 Å². The van der Waals surface area contributed by atoms with Gasteiger partial charge in [-0.2, -0.15) is 0 Å².